The summed E-state index contributed by atoms with van der Waals surface area (Å²) >= 11 is 3.64. The first-order valence-corrected chi connectivity index (χ1v) is 17.9. The molecule has 2 atom stereocenters. The van der Waals surface area contributed by atoms with E-state index in [2.05, 4.69) is 36.0 Å². The van der Waals surface area contributed by atoms with E-state index in [0.29, 0.717) is 17.1 Å². The number of aromatic nitrogens is 3. The average molecular weight is 712 g/mol. The van der Waals surface area contributed by atoms with Gasteiger partial charge in [-0.2, -0.15) is 9.36 Å². The van der Waals surface area contributed by atoms with Crippen molar-refractivity contribution in [2.24, 2.45) is 5.16 Å². The molecule has 2 aliphatic rings. The number of fused-ring (bicyclic) bond motifs is 1. The van der Waals surface area contributed by atoms with Gasteiger partial charge in [-0.25, -0.2) is 4.79 Å². The minimum Gasteiger partial charge on any atom is -0.448 e. The fraction of sp³-hybridized carbons (Fsp3) is 0.206. The van der Waals surface area contributed by atoms with E-state index in [1.54, 1.807) is 25.4 Å². The molecule has 12 nitrogen and oxygen atoms in total. The van der Waals surface area contributed by atoms with Crippen molar-refractivity contribution in [1.82, 2.24) is 24.6 Å². The molecule has 0 radical (unpaired) electrons. The van der Waals surface area contributed by atoms with Crippen LogP contribution in [0.5, 0.6) is 0 Å². The number of nitrogens with one attached hydrogen (secondary N) is 1. The van der Waals surface area contributed by atoms with Crippen molar-refractivity contribution < 1.29 is 24.0 Å². The highest BCUT2D eigenvalue weighted by atomic mass is 32.2. The number of hydrogen-bond acceptors (Lipinski definition) is 13. The number of anilines is 1. The van der Waals surface area contributed by atoms with Gasteiger partial charge in [0.25, 0.3) is 11.8 Å². The maximum atomic E-state index is 14.2. The molecule has 0 bridgehead atoms. The Bertz CT molecular complexity index is 1910. The minimum absolute atomic E-state index is 0.0166. The van der Waals surface area contributed by atoms with E-state index in [4.69, 9.17) is 15.3 Å². The number of hydrogen-bond donors (Lipinski definition) is 2. The number of benzene rings is 2. The molecule has 2 amide bonds. The standard InChI is InChI=1S/C34H29N7O5S3/c1-2-45-39-25(29-38-34(35)49-40-29)30(42)37-26-31(43)41-27(24(20-48-32(26)41)19-47-17-15-21-10-9-16-36-18-21)33(44)46-28(22-11-5-3-6-12-22)23-13-7-4-8-14-23/h3-14,16,18,26,28,32H,2,19-20H2,1H3,(H,37,42)(H2,35,38,40)/t26?,32-/m1/s1. The molecule has 2 aromatic heterocycles. The smallest absolute Gasteiger partial charge is 0.356 e. The van der Waals surface area contributed by atoms with Gasteiger partial charge < -0.3 is 20.6 Å². The number of carbonyl (C=O) groups excluding carboxylic acids is 3. The first-order chi connectivity index (χ1) is 23.9. The van der Waals surface area contributed by atoms with Gasteiger partial charge in [-0.3, -0.25) is 19.5 Å². The summed E-state index contributed by atoms with van der Waals surface area (Å²) in [5, 5.41) is 9.23. The van der Waals surface area contributed by atoms with Gasteiger partial charge in [0.05, 0.1) is 0 Å². The Kier molecular flexibility index (Phi) is 10.9. The number of nitrogens with zero attached hydrogens (tertiary/aromatic N) is 5. The van der Waals surface area contributed by atoms with Gasteiger partial charge in [-0.1, -0.05) is 83.5 Å². The summed E-state index contributed by atoms with van der Waals surface area (Å²) in [5.41, 5.74) is 8.66. The lowest BCUT2D eigenvalue weighted by Crippen LogP contribution is -2.71. The molecule has 0 saturated carbocycles. The zero-order chi connectivity index (χ0) is 34.2. The second-order valence-corrected chi connectivity index (χ2v) is 13.2. The van der Waals surface area contributed by atoms with Gasteiger partial charge in [-0.15, -0.1) is 11.8 Å². The lowest BCUT2D eigenvalue weighted by molar-refractivity contribution is -0.154. The molecule has 2 aliphatic heterocycles. The molecule has 15 heteroatoms. The van der Waals surface area contributed by atoms with Gasteiger partial charge in [0.15, 0.2) is 11.2 Å². The van der Waals surface area contributed by atoms with Gasteiger partial charge in [0.1, 0.15) is 23.7 Å². The van der Waals surface area contributed by atoms with Gasteiger partial charge in [0.2, 0.25) is 11.5 Å². The second-order valence-electron chi connectivity index (χ2n) is 10.5. The predicted molar refractivity (Wildman–Crippen MR) is 189 cm³/mol. The third-order valence-electron chi connectivity index (χ3n) is 7.29. The number of thioether (sulfide) groups is 2. The van der Waals surface area contributed by atoms with Crippen molar-refractivity contribution in [3.63, 3.8) is 0 Å². The van der Waals surface area contributed by atoms with Crippen LogP contribution in [0.2, 0.25) is 0 Å². The van der Waals surface area contributed by atoms with E-state index in [-0.39, 0.29) is 29.0 Å². The molecule has 4 aromatic rings. The van der Waals surface area contributed by atoms with Crippen LogP contribution < -0.4 is 11.1 Å². The molecule has 0 spiro atoms. The Hall–Kier alpha value is -5.17. The van der Waals surface area contributed by atoms with Crippen molar-refractivity contribution in [3.8, 4) is 11.2 Å². The van der Waals surface area contributed by atoms with E-state index >= 15 is 0 Å². The largest absolute Gasteiger partial charge is 0.448 e. The van der Waals surface area contributed by atoms with Crippen molar-refractivity contribution >= 4 is 63.7 Å². The molecule has 248 valence electrons. The highest BCUT2D eigenvalue weighted by Crippen LogP contribution is 2.42. The number of amides is 2. The first-order valence-electron chi connectivity index (χ1n) is 15.0. The summed E-state index contributed by atoms with van der Waals surface area (Å²) in [6.07, 6.45) is 2.62. The molecule has 0 aliphatic carbocycles. The third kappa shape index (κ3) is 7.78. The number of rotatable bonds is 11. The molecular weight excluding hydrogens is 683 g/mol. The highest BCUT2D eigenvalue weighted by Gasteiger charge is 2.55. The van der Waals surface area contributed by atoms with Gasteiger partial charge in [-0.05, 0) is 41.0 Å². The molecule has 1 unspecified atom stereocenters. The quantitative estimate of drug-likeness (QED) is 0.0761. The number of oxime groups is 1. The summed E-state index contributed by atoms with van der Waals surface area (Å²) < 4.78 is 10.3. The number of ether oxygens (including phenoxy) is 1. The topological polar surface area (TPSA) is 162 Å². The van der Waals surface area contributed by atoms with E-state index in [9.17, 15) is 14.4 Å². The van der Waals surface area contributed by atoms with E-state index in [0.717, 1.165) is 28.2 Å². The molecule has 1 saturated heterocycles. The predicted octanol–water partition coefficient (Wildman–Crippen LogP) is 3.99. The summed E-state index contributed by atoms with van der Waals surface area (Å²) in [6, 6.07) is 21.5. The SMILES string of the molecule is CCON=C(C(=O)NC1C(=O)N2C(C(=O)OC(c3ccccc3)c3ccccc3)=C(CSC#Cc3cccnc3)CS[C@H]12)c1nsc(N)n1. The van der Waals surface area contributed by atoms with Crippen LogP contribution >= 0.6 is 35.1 Å². The molecule has 3 N–H and O–H groups in total. The number of carbonyl (C=O) groups is 3. The van der Waals surface area contributed by atoms with Crippen LogP contribution in [0.4, 0.5) is 5.13 Å². The van der Waals surface area contributed by atoms with Crippen LogP contribution in [0.1, 0.15) is 35.5 Å². The fourth-order valence-electron chi connectivity index (χ4n) is 5.04. The number of pyridine rings is 1. The average Bonchev–Trinajstić information content (AvgIpc) is 3.57. The number of nitrogen functional groups attached to an aromatic ring is 1. The van der Waals surface area contributed by atoms with Crippen LogP contribution in [0.3, 0.4) is 0 Å². The molecular formula is C34H29N7O5S3. The van der Waals surface area contributed by atoms with Crippen LogP contribution in [0.25, 0.3) is 0 Å². The Morgan fingerprint density at radius 2 is 1.86 bits per heavy atom. The normalized spacial score (nSPS) is 17.1. The van der Waals surface area contributed by atoms with Crippen molar-refractivity contribution in [2.45, 2.75) is 24.4 Å². The fourth-order valence-corrected chi connectivity index (χ4v) is 7.62. The Labute approximate surface area is 294 Å². The van der Waals surface area contributed by atoms with Crippen LogP contribution in [0, 0.1) is 11.2 Å². The summed E-state index contributed by atoms with van der Waals surface area (Å²) in [5.74, 6) is 1.95. The third-order valence-corrected chi connectivity index (χ3v) is 9.91. The summed E-state index contributed by atoms with van der Waals surface area (Å²) in [4.78, 5) is 56.0. The molecule has 49 heavy (non-hydrogen) atoms. The molecule has 6 rings (SSSR count). The zero-order valence-corrected chi connectivity index (χ0v) is 28.5. The van der Waals surface area contributed by atoms with Gasteiger partial charge in [0, 0.05) is 41.0 Å². The van der Waals surface area contributed by atoms with Crippen molar-refractivity contribution in [1.29, 1.82) is 0 Å². The van der Waals surface area contributed by atoms with E-state index in [1.807, 2.05) is 66.7 Å². The monoisotopic (exact) mass is 711 g/mol. The van der Waals surface area contributed by atoms with Crippen molar-refractivity contribution in [3.05, 3.63) is 119 Å². The maximum Gasteiger partial charge on any atom is 0.356 e. The number of esters is 1. The van der Waals surface area contributed by atoms with Crippen molar-refractivity contribution in [2.75, 3.05) is 23.8 Å². The van der Waals surface area contributed by atoms with Crippen LogP contribution in [-0.2, 0) is 24.0 Å². The summed E-state index contributed by atoms with van der Waals surface area (Å²) in [7, 11) is 0. The van der Waals surface area contributed by atoms with E-state index < -0.39 is 35.3 Å². The Morgan fingerprint density at radius 3 is 2.49 bits per heavy atom. The molecule has 4 heterocycles. The van der Waals surface area contributed by atoms with Gasteiger partial charge >= 0.3 is 5.97 Å². The Balaban J connectivity index is 1.27. The van der Waals surface area contributed by atoms with Crippen LogP contribution in [0.15, 0.2) is 102 Å². The highest BCUT2D eigenvalue weighted by molar-refractivity contribution is 8.04. The number of β-lactam (4-membered cyclic amide) rings is 1. The van der Waals surface area contributed by atoms with Crippen LogP contribution in [-0.4, -0.2) is 72.3 Å². The minimum atomic E-state index is -0.957. The summed E-state index contributed by atoms with van der Waals surface area (Å²) in [6.45, 7) is 1.91. The maximum absolute atomic E-state index is 14.2. The lowest BCUT2D eigenvalue weighted by atomic mass is 10.0. The lowest BCUT2D eigenvalue weighted by Gasteiger charge is -2.49. The first kappa shape index (κ1) is 33.7. The second kappa shape index (κ2) is 15.8. The Morgan fingerprint density at radius 1 is 1.12 bits per heavy atom. The molecule has 2 aromatic carbocycles. The zero-order valence-electron chi connectivity index (χ0n) is 26.0. The number of nitrogens with two attached hydrogens (primary N) is 1. The van der Waals surface area contributed by atoms with E-state index in [1.165, 1.54) is 28.4 Å². The molecule has 1 fully saturated rings.